The zero-order chi connectivity index (χ0) is 15.6. The zero-order valence-corrected chi connectivity index (χ0v) is 23.5. The van der Waals surface area contributed by atoms with E-state index in [-0.39, 0.29) is 64.4 Å². The summed E-state index contributed by atoms with van der Waals surface area (Å²) in [5.74, 6) is 0. The van der Waals surface area contributed by atoms with Gasteiger partial charge in [0.15, 0.2) is 0 Å². The van der Waals surface area contributed by atoms with Crippen LogP contribution in [0.5, 0.6) is 0 Å². The van der Waals surface area contributed by atoms with Crippen LogP contribution in [0.25, 0.3) is 0 Å². The molecule has 0 aromatic heterocycles. The van der Waals surface area contributed by atoms with E-state index >= 15 is 0 Å². The van der Waals surface area contributed by atoms with Crippen LogP contribution < -0.4 is 48.0 Å². The van der Waals surface area contributed by atoms with Crippen molar-refractivity contribution in [1.29, 1.82) is 0 Å². The molecular weight excluding hydrogens is 591 g/mol. The van der Waals surface area contributed by atoms with Crippen molar-refractivity contribution in [2.75, 3.05) is 37.0 Å². The number of halogens is 2. The Morgan fingerprint density at radius 1 is 0.391 bits per heavy atom. The maximum Gasteiger partial charge on any atom is 2.00 e. The van der Waals surface area contributed by atoms with Crippen molar-refractivity contribution in [3.05, 3.63) is 0 Å². The normalized spacial score (nSPS) is 9.39. The molecule has 0 fully saturated rings. The fraction of sp³-hybridized carbons (Fsp3) is 1.00. The summed E-state index contributed by atoms with van der Waals surface area (Å²) < 4.78 is 0. The maximum absolute atomic E-state index is 2.31. The Bertz CT molecular complexity index is 129. The van der Waals surface area contributed by atoms with Crippen LogP contribution in [-0.4, -0.2) is 37.0 Å². The van der Waals surface area contributed by atoms with Crippen molar-refractivity contribution >= 4 is 15.8 Å². The maximum atomic E-state index is 2.31. The second-order valence-electron chi connectivity index (χ2n) is 5.68. The first-order valence-corrected chi connectivity index (χ1v) is 12.9. The number of hydrogen-bond acceptors (Lipinski definition) is 0. The molecule has 0 aliphatic carbocycles. The third-order valence-corrected chi connectivity index (χ3v) is 9.72. The van der Waals surface area contributed by atoms with E-state index in [0.717, 1.165) is 0 Å². The summed E-state index contributed by atoms with van der Waals surface area (Å²) in [5, 5.41) is 0. The van der Waals surface area contributed by atoms with Crippen LogP contribution in [0.1, 0.15) is 80.1 Å². The molecule has 0 nitrogen and oxygen atoms in total. The Morgan fingerprint density at radius 3 is 0.609 bits per heavy atom. The summed E-state index contributed by atoms with van der Waals surface area (Å²) >= 11 is 0. The van der Waals surface area contributed by atoms with Crippen LogP contribution in [0.3, 0.4) is 0 Å². The van der Waals surface area contributed by atoms with Crippen molar-refractivity contribution in [2.24, 2.45) is 0 Å². The third-order valence-electron chi connectivity index (χ3n) is 3.24. The second kappa shape index (κ2) is 32.5. The molecule has 148 valence electrons. The summed E-state index contributed by atoms with van der Waals surface area (Å²) in [6.07, 6.45) is 17.4. The monoisotopic (exact) mass is 632 g/mol. The van der Waals surface area contributed by atoms with Gasteiger partial charge in [-0.05, 0) is 37.0 Å². The molecule has 0 heterocycles. The van der Waals surface area contributed by atoms with Gasteiger partial charge in [0.05, 0.1) is 0 Å². The van der Waals surface area contributed by atoms with Crippen molar-refractivity contribution in [2.45, 2.75) is 80.1 Å². The van der Waals surface area contributed by atoms with Gasteiger partial charge in [-0.25, -0.2) is 0 Å². The molecule has 0 aliphatic heterocycles. The Morgan fingerprint density at radius 2 is 0.522 bits per heavy atom. The van der Waals surface area contributed by atoms with Gasteiger partial charge in [0.25, 0.3) is 0 Å². The van der Waals surface area contributed by atoms with Gasteiger partial charge in [-0.2, -0.15) is 0 Å². The summed E-state index contributed by atoms with van der Waals surface area (Å²) in [5.41, 5.74) is 0. The molecular formula is C18H42I2NiP2. The first-order chi connectivity index (χ1) is 9.69. The van der Waals surface area contributed by atoms with Gasteiger partial charge < -0.3 is 48.0 Å². The van der Waals surface area contributed by atoms with Crippen molar-refractivity contribution in [3.8, 4) is 0 Å². The van der Waals surface area contributed by atoms with E-state index in [1.165, 1.54) is 75.5 Å². The predicted octanol–water partition coefficient (Wildman–Crippen LogP) is 1.40. The smallest absolute Gasteiger partial charge is 1.00 e. The Balaban J connectivity index is -0.0000000831. The molecule has 0 N–H and O–H groups in total. The van der Waals surface area contributed by atoms with Crippen LogP contribution >= 0.6 is 15.8 Å². The SMILES string of the molecule is CCCP(CCC)CCC.CCCP(CCC)CCC.[I-].[I-].[Ni+2]. The van der Waals surface area contributed by atoms with Crippen LogP contribution in [0.4, 0.5) is 0 Å². The molecule has 0 rings (SSSR count). The Hall–Kier alpha value is 2.81. The zero-order valence-electron chi connectivity index (χ0n) is 16.5. The third kappa shape index (κ3) is 29.8. The van der Waals surface area contributed by atoms with Gasteiger partial charge in [-0.15, -0.1) is 15.8 Å². The standard InChI is InChI=1S/2C9H21P.2HI.Ni/c2*1-4-7-10(8-5-2)9-6-3;;;/h2*4-9H2,1-3H3;2*1H;/q;;;;+2/p-2. The van der Waals surface area contributed by atoms with E-state index in [9.17, 15) is 0 Å². The molecule has 0 aromatic rings. The molecule has 23 heavy (non-hydrogen) atoms. The molecule has 0 spiro atoms. The van der Waals surface area contributed by atoms with E-state index in [1.54, 1.807) is 0 Å². The van der Waals surface area contributed by atoms with E-state index in [4.69, 9.17) is 0 Å². The molecule has 0 saturated carbocycles. The van der Waals surface area contributed by atoms with Gasteiger partial charge in [0, 0.05) is 0 Å². The summed E-state index contributed by atoms with van der Waals surface area (Å²) in [6, 6.07) is 0. The molecule has 0 amide bonds. The molecule has 0 aliphatic rings. The average Bonchev–Trinajstić information content (AvgIpc) is 2.41. The second-order valence-corrected chi connectivity index (χ2v) is 11.0. The van der Waals surface area contributed by atoms with E-state index in [2.05, 4.69) is 41.5 Å². The molecule has 5 heteroatoms. The van der Waals surface area contributed by atoms with Gasteiger partial charge >= 0.3 is 16.5 Å². The fourth-order valence-electron chi connectivity index (χ4n) is 2.57. The number of hydrogen-bond donors (Lipinski definition) is 0. The van der Waals surface area contributed by atoms with Crippen LogP contribution in [-0.2, 0) is 16.5 Å². The summed E-state index contributed by atoms with van der Waals surface area (Å²) in [7, 11) is 0.878. The molecule has 0 aromatic carbocycles. The largest absolute Gasteiger partial charge is 2.00 e. The minimum atomic E-state index is 0. The topological polar surface area (TPSA) is 0 Å². The molecule has 0 unspecified atom stereocenters. The first-order valence-electron chi connectivity index (χ1n) is 9.14. The average molecular weight is 633 g/mol. The van der Waals surface area contributed by atoms with Crippen LogP contribution in [0, 0.1) is 0 Å². The quantitative estimate of drug-likeness (QED) is 0.174. The van der Waals surface area contributed by atoms with Crippen molar-refractivity contribution in [1.82, 2.24) is 0 Å². The molecule has 0 saturated heterocycles. The van der Waals surface area contributed by atoms with E-state index in [0.29, 0.717) is 15.8 Å². The summed E-state index contributed by atoms with van der Waals surface area (Å²) in [4.78, 5) is 0. The van der Waals surface area contributed by atoms with Crippen LogP contribution in [0.15, 0.2) is 0 Å². The Labute approximate surface area is 195 Å². The van der Waals surface area contributed by atoms with E-state index < -0.39 is 0 Å². The predicted molar refractivity (Wildman–Crippen MR) is 105 cm³/mol. The summed E-state index contributed by atoms with van der Waals surface area (Å²) in [6.45, 7) is 13.8. The Kier molecular flexibility index (Phi) is 51.8. The van der Waals surface area contributed by atoms with Gasteiger partial charge in [0.1, 0.15) is 0 Å². The minimum absolute atomic E-state index is 0. The van der Waals surface area contributed by atoms with Crippen molar-refractivity contribution in [3.63, 3.8) is 0 Å². The van der Waals surface area contributed by atoms with Crippen LogP contribution in [0.2, 0.25) is 0 Å². The molecule has 0 radical (unpaired) electrons. The first kappa shape index (κ1) is 36.7. The van der Waals surface area contributed by atoms with E-state index in [1.807, 2.05) is 0 Å². The molecule has 0 atom stereocenters. The fourth-order valence-corrected chi connectivity index (χ4v) is 7.70. The minimum Gasteiger partial charge on any atom is -1.00 e. The van der Waals surface area contributed by atoms with Gasteiger partial charge in [0.2, 0.25) is 0 Å². The number of rotatable bonds is 12. The van der Waals surface area contributed by atoms with Crippen molar-refractivity contribution < 1.29 is 64.4 Å². The van der Waals surface area contributed by atoms with Gasteiger partial charge in [-0.3, -0.25) is 0 Å². The van der Waals surface area contributed by atoms with Gasteiger partial charge in [-0.1, -0.05) is 80.1 Å². The molecule has 0 bridgehead atoms.